The van der Waals surface area contributed by atoms with Crippen LogP contribution in [0.25, 0.3) is 0 Å². The number of halogens is 1. The minimum atomic E-state index is -0.481. The van der Waals surface area contributed by atoms with Gasteiger partial charge in [0.15, 0.2) is 0 Å². The average molecular weight is 326 g/mol. The molecule has 3 rings (SSSR count). The van der Waals surface area contributed by atoms with E-state index in [1.807, 2.05) is 13.0 Å². The Labute approximate surface area is 140 Å². The SMILES string of the molecule is Cc1cccc(C(=O)N(CN2CCCC2=O)c2ccccc2F)c1. The molecule has 5 heteroatoms. The number of hydrogen-bond donors (Lipinski definition) is 0. The van der Waals surface area contributed by atoms with Gasteiger partial charge in [-0.05, 0) is 37.6 Å². The maximum atomic E-state index is 14.3. The van der Waals surface area contributed by atoms with Crippen molar-refractivity contribution < 1.29 is 14.0 Å². The summed E-state index contributed by atoms with van der Waals surface area (Å²) >= 11 is 0. The van der Waals surface area contributed by atoms with Crippen molar-refractivity contribution in [3.05, 3.63) is 65.5 Å². The highest BCUT2D eigenvalue weighted by atomic mass is 19.1. The molecule has 0 unspecified atom stereocenters. The molecule has 0 spiro atoms. The van der Waals surface area contributed by atoms with Crippen LogP contribution in [0, 0.1) is 12.7 Å². The van der Waals surface area contributed by atoms with Gasteiger partial charge in [-0.25, -0.2) is 4.39 Å². The van der Waals surface area contributed by atoms with Crippen LogP contribution in [0.2, 0.25) is 0 Å². The van der Waals surface area contributed by atoms with Crippen LogP contribution in [-0.2, 0) is 4.79 Å². The van der Waals surface area contributed by atoms with Crippen LogP contribution in [0.15, 0.2) is 48.5 Å². The molecule has 2 aromatic rings. The molecule has 0 aliphatic carbocycles. The van der Waals surface area contributed by atoms with E-state index in [1.165, 1.54) is 11.0 Å². The highest BCUT2D eigenvalue weighted by Gasteiger charge is 2.27. The smallest absolute Gasteiger partial charge is 0.259 e. The Kier molecular flexibility index (Phi) is 4.60. The Morgan fingerprint density at radius 1 is 1.21 bits per heavy atom. The maximum Gasteiger partial charge on any atom is 0.259 e. The molecule has 2 aromatic carbocycles. The number of likely N-dealkylation sites (tertiary alicyclic amines) is 1. The van der Waals surface area contributed by atoms with Gasteiger partial charge in [-0.2, -0.15) is 0 Å². The molecule has 1 fully saturated rings. The zero-order valence-electron chi connectivity index (χ0n) is 13.5. The Morgan fingerprint density at radius 2 is 2.00 bits per heavy atom. The topological polar surface area (TPSA) is 40.6 Å². The number of para-hydroxylation sites is 1. The number of rotatable bonds is 4. The van der Waals surface area contributed by atoms with Gasteiger partial charge in [-0.15, -0.1) is 0 Å². The fraction of sp³-hybridized carbons (Fsp3) is 0.263. The predicted octanol–water partition coefficient (Wildman–Crippen LogP) is 3.36. The van der Waals surface area contributed by atoms with E-state index in [-0.39, 0.29) is 24.2 Å². The number of nitrogens with zero attached hydrogens (tertiary/aromatic N) is 2. The van der Waals surface area contributed by atoms with Gasteiger partial charge in [0.2, 0.25) is 5.91 Å². The van der Waals surface area contributed by atoms with Crippen molar-refractivity contribution >= 4 is 17.5 Å². The first-order valence-electron chi connectivity index (χ1n) is 7.97. The molecule has 1 aliphatic heterocycles. The van der Waals surface area contributed by atoms with Crippen LogP contribution in [0.4, 0.5) is 10.1 Å². The zero-order chi connectivity index (χ0) is 17.1. The lowest BCUT2D eigenvalue weighted by Crippen LogP contribution is -2.42. The van der Waals surface area contributed by atoms with Crippen molar-refractivity contribution in [3.63, 3.8) is 0 Å². The van der Waals surface area contributed by atoms with Crippen molar-refractivity contribution in [2.45, 2.75) is 19.8 Å². The van der Waals surface area contributed by atoms with Crippen molar-refractivity contribution in [2.24, 2.45) is 0 Å². The molecule has 0 radical (unpaired) electrons. The van der Waals surface area contributed by atoms with Gasteiger partial charge in [0.05, 0.1) is 5.69 Å². The van der Waals surface area contributed by atoms with Crippen LogP contribution in [0.5, 0.6) is 0 Å². The number of carbonyl (C=O) groups excluding carboxylic acids is 2. The quantitative estimate of drug-likeness (QED) is 0.864. The highest BCUT2D eigenvalue weighted by molar-refractivity contribution is 6.06. The van der Waals surface area contributed by atoms with Crippen LogP contribution >= 0.6 is 0 Å². The molecule has 24 heavy (non-hydrogen) atoms. The number of anilines is 1. The summed E-state index contributed by atoms with van der Waals surface area (Å²) in [5, 5.41) is 0. The average Bonchev–Trinajstić information content (AvgIpc) is 2.98. The third-order valence-corrected chi connectivity index (χ3v) is 4.14. The van der Waals surface area contributed by atoms with Crippen LogP contribution in [0.1, 0.15) is 28.8 Å². The monoisotopic (exact) mass is 326 g/mol. The summed E-state index contributed by atoms with van der Waals surface area (Å²) in [6, 6.07) is 13.3. The summed E-state index contributed by atoms with van der Waals surface area (Å²) in [4.78, 5) is 27.8. The Balaban J connectivity index is 1.96. The number of aryl methyl sites for hydroxylation is 1. The van der Waals surface area contributed by atoms with E-state index in [0.29, 0.717) is 18.5 Å². The van der Waals surface area contributed by atoms with Gasteiger partial charge in [0, 0.05) is 18.5 Å². The van der Waals surface area contributed by atoms with Crippen LogP contribution in [0.3, 0.4) is 0 Å². The molecule has 124 valence electrons. The fourth-order valence-electron chi connectivity index (χ4n) is 2.88. The van der Waals surface area contributed by atoms with Crippen molar-refractivity contribution in [2.75, 3.05) is 18.1 Å². The number of hydrogen-bond acceptors (Lipinski definition) is 2. The summed E-state index contributed by atoms with van der Waals surface area (Å²) in [6.45, 7) is 2.55. The maximum absolute atomic E-state index is 14.3. The number of carbonyl (C=O) groups is 2. The third-order valence-electron chi connectivity index (χ3n) is 4.14. The minimum Gasteiger partial charge on any atom is -0.324 e. The van der Waals surface area contributed by atoms with Crippen LogP contribution < -0.4 is 4.90 Å². The molecule has 1 heterocycles. The fourth-order valence-corrected chi connectivity index (χ4v) is 2.88. The van der Waals surface area contributed by atoms with Crippen LogP contribution in [-0.4, -0.2) is 29.9 Å². The van der Waals surface area contributed by atoms with E-state index in [9.17, 15) is 14.0 Å². The van der Waals surface area contributed by atoms with Gasteiger partial charge < -0.3 is 4.90 Å². The van der Waals surface area contributed by atoms with Crippen molar-refractivity contribution in [3.8, 4) is 0 Å². The van der Waals surface area contributed by atoms with E-state index in [0.717, 1.165) is 12.0 Å². The van der Waals surface area contributed by atoms with E-state index >= 15 is 0 Å². The first-order chi connectivity index (χ1) is 11.6. The molecule has 1 saturated heterocycles. The zero-order valence-corrected chi connectivity index (χ0v) is 13.5. The molecular formula is C19H19FN2O2. The normalized spacial score (nSPS) is 14.1. The molecule has 0 N–H and O–H groups in total. The van der Waals surface area contributed by atoms with E-state index in [1.54, 1.807) is 41.3 Å². The first kappa shape index (κ1) is 16.2. The molecular weight excluding hydrogens is 307 g/mol. The van der Waals surface area contributed by atoms with Gasteiger partial charge in [-0.1, -0.05) is 29.8 Å². The van der Waals surface area contributed by atoms with Gasteiger partial charge in [0.1, 0.15) is 12.5 Å². The second kappa shape index (κ2) is 6.83. The third kappa shape index (κ3) is 3.30. The number of amides is 2. The Morgan fingerprint density at radius 3 is 2.67 bits per heavy atom. The van der Waals surface area contributed by atoms with Crippen molar-refractivity contribution in [1.82, 2.24) is 4.90 Å². The standard InChI is InChI=1S/C19H19FN2O2/c1-14-6-4-7-15(12-14)19(24)22(13-21-11-5-10-18(21)23)17-9-3-2-8-16(17)20/h2-4,6-9,12H,5,10-11,13H2,1H3. The summed E-state index contributed by atoms with van der Waals surface area (Å²) in [6.07, 6.45) is 1.24. The predicted molar refractivity (Wildman–Crippen MR) is 90.2 cm³/mol. The number of benzene rings is 2. The van der Waals surface area contributed by atoms with Gasteiger partial charge >= 0.3 is 0 Å². The van der Waals surface area contributed by atoms with Crippen molar-refractivity contribution in [1.29, 1.82) is 0 Å². The molecule has 2 amide bonds. The molecule has 4 nitrogen and oxygen atoms in total. The highest BCUT2D eigenvalue weighted by Crippen LogP contribution is 2.23. The summed E-state index contributed by atoms with van der Waals surface area (Å²) in [7, 11) is 0. The van der Waals surface area contributed by atoms with Gasteiger partial charge in [0.25, 0.3) is 5.91 Å². The minimum absolute atomic E-state index is 0.00613. The van der Waals surface area contributed by atoms with E-state index < -0.39 is 5.82 Å². The largest absolute Gasteiger partial charge is 0.324 e. The molecule has 1 aliphatic rings. The molecule has 0 atom stereocenters. The summed E-state index contributed by atoms with van der Waals surface area (Å²) in [5.41, 5.74) is 1.61. The Bertz CT molecular complexity index is 775. The summed E-state index contributed by atoms with van der Waals surface area (Å²) < 4.78 is 14.3. The molecule has 0 bridgehead atoms. The second-order valence-electron chi connectivity index (χ2n) is 5.96. The summed E-state index contributed by atoms with van der Waals surface area (Å²) in [5.74, 6) is -0.804. The Hall–Kier alpha value is -2.69. The molecule has 0 saturated carbocycles. The lowest BCUT2D eigenvalue weighted by atomic mass is 10.1. The lowest BCUT2D eigenvalue weighted by Gasteiger charge is -2.28. The molecule has 0 aromatic heterocycles. The first-order valence-corrected chi connectivity index (χ1v) is 7.97. The lowest BCUT2D eigenvalue weighted by molar-refractivity contribution is -0.127. The van der Waals surface area contributed by atoms with E-state index in [2.05, 4.69) is 0 Å². The second-order valence-corrected chi connectivity index (χ2v) is 5.96. The van der Waals surface area contributed by atoms with Gasteiger partial charge in [-0.3, -0.25) is 14.5 Å². The van der Waals surface area contributed by atoms with E-state index in [4.69, 9.17) is 0 Å².